The van der Waals surface area contributed by atoms with E-state index in [1.54, 1.807) is 0 Å². The Balaban J connectivity index is 4.00. The molecule has 0 unspecified atom stereocenters. The van der Waals surface area contributed by atoms with Crippen molar-refractivity contribution in [1.29, 1.82) is 0 Å². The molecule has 1 N–H and O–H groups in total. The molecule has 0 saturated heterocycles. The zero-order valence-corrected chi connectivity index (χ0v) is 6.41. The lowest BCUT2D eigenvalue weighted by atomic mass is 10.6. The quantitative estimate of drug-likeness (QED) is 0.701. The molecule has 0 aromatic heterocycles. The van der Waals surface area contributed by atoms with Gasteiger partial charge in [-0.2, -0.15) is 8.78 Å². The average molecular weight is 170 g/mol. The van der Waals surface area contributed by atoms with Gasteiger partial charge in [-0.3, -0.25) is 0 Å². The van der Waals surface area contributed by atoms with Crippen LogP contribution in [0.5, 0.6) is 0 Å². The monoisotopic (exact) mass is 170 g/mol. The lowest BCUT2D eigenvalue weighted by Gasteiger charge is -2.11. The number of thioether (sulfide) groups is 1. The third-order valence-corrected chi connectivity index (χ3v) is 1.57. The average Bonchev–Trinajstić information content (AvgIpc) is 1.60. The molecular weight excluding hydrogens is 162 g/mol. The molecule has 0 rings (SSSR count). The summed E-state index contributed by atoms with van der Waals surface area (Å²) in [6.45, 7) is 3.03. The third kappa shape index (κ3) is 3.00. The van der Waals surface area contributed by atoms with E-state index in [-0.39, 0.29) is 17.0 Å². The molecule has 0 heterocycles. The number of carboxylic acid groups (broad SMARTS) is 1. The zero-order valence-electron chi connectivity index (χ0n) is 5.60. The lowest BCUT2D eigenvalue weighted by molar-refractivity contribution is -0.152. The molecule has 0 aromatic carbocycles. The van der Waals surface area contributed by atoms with Crippen molar-refractivity contribution in [2.75, 3.05) is 0 Å². The van der Waals surface area contributed by atoms with Crippen molar-refractivity contribution in [1.82, 2.24) is 0 Å². The Kier molecular flexibility index (Phi) is 3.08. The maximum absolute atomic E-state index is 12.2. The molecular formula is C5H8F2O2S. The topological polar surface area (TPSA) is 37.3 Å². The predicted molar refractivity (Wildman–Crippen MR) is 35.3 cm³/mol. The van der Waals surface area contributed by atoms with Crippen LogP contribution in [0.2, 0.25) is 0 Å². The normalized spacial score (nSPS) is 12.1. The summed E-state index contributed by atoms with van der Waals surface area (Å²) in [4.78, 5) is 9.79. The van der Waals surface area contributed by atoms with Crippen LogP contribution in [-0.2, 0) is 4.79 Å². The first-order valence-corrected chi connectivity index (χ1v) is 3.53. The molecule has 5 heteroatoms. The van der Waals surface area contributed by atoms with E-state index in [0.717, 1.165) is 0 Å². The summed E-state index contributed by atoms with van der Waals surface area (Å²) in [6.07, 6.45) is 0. The van der Waals surface area contributed by atoms with Crippen LogP contribution in [0.4, 0.5) is 8.78 Å². The van der Waals surface area contributed by atoms with Crippen molar-refractivity contribution in [2.24, 2.45) is 0 Å². The largest absolute Gasteiger partial charge is 0.476 e. The Labute approximate surface area is 61.6 Å². The third-order valence-electron chi connectivity index (χ3n) is 0.633. The maximum Gasteiger partial charge on any atom is 0.389 e. The SMILES string of the molecule is CC(C)SC(F)(F)C(=O)O. The number of carboxylic acids is 1. The van der Waals surface area contributed by atoms with Gasteiger partial charge in [0.1, 0.15) is 0 Å². The molecule has 0 radical (unpaired) electrons. The maximum atomic E-state index is 12.2. The summed E-state index contributed by atoms with van der Waals surface area (Å²) in [5, 5.41) is 3.89. The second-order valence-electron chi connectivity index (χ2n) is 1.99. The van der Waals surface area contributed by atoms with E-state index >= 15 is 0 Å². The molecule has 0 atom stereocenters. The van der Waals surface area contributed by atoms with Gasteiger partial charge >= 0.3 is 11.2 Å². The van der Waals surface area contributed by atoms with Gasteiger partial charge in [-0.1, -0.05) is 25.6 Å². The van der Waals surface area contributed by atoms with Gasteiger partial charge in [0.05, 0.1) is 0 Å². The molecule has 0 fully saturated rings. The van der Waals surface area contributed by atoms with Crippen LogP contribution in [0.25, 0.3) is 0 Å². The summed E-state index contributed by atoms with van der Waals surface area (Å²) in [5.41, 5.74) is 0. The molecule has 0 aliphatic carbocycles. The van der Waals surface area contributed by atoms with Gasteiger partial charge in [0.25, 0.3) is 0 Å². The molecule has 0 amide bonds. The van der Waals surface area contributed by atoms with E-state index in [4.69, 9.17) is 5.11 Å². The smallest absolute Gasteiger partial charge is 0.389 e. The summed E-state index contributed by atoms with van der Waals surface area (Å²) in [7, 11) is 0. The number of alkyl halides is 2. The first-order valence-electron chi connectivity index (χ1n) is 2.65. The zero-order chi connectivity index (χ0) is 8.36. The van der Waals surface area contributed by atoms with Crippen molar-refractivity contribution in [3.63, 3.8) is 0 Å². The van der Waals surface area contributed by atoms with Gasteiger partial charge in [-0.15, -0.1) is 0 Å². The van der Waals surface area contributed by atoms with Crippen LogP contribution < -0.4 is 0 Å². The second-order valence-corrected chi connectivity index (χ2v) is 3.68. The first-order chi connectivity index (χ1) is 4.36. The molecule has 0 aromatic rings. The van der Waals surface area contributed by atoms with E-state index in [1.807, 2.05) is 0 Å². The minimum atomic E-state index is -3.64. The van der Waals surface area contributed by atoms with Gasteiger partial charge in [-0.25, -0.2) is 4.79 Å². The Morgan fingerprint density at radius 2 is 2.00 bits per heavy atom. The fraction of sp³-hybridized carbons (Fsp3) is 0.800. The number of hydrogen-bond donors (Lipinski definition) is 1. The predicted octanol–water partition coefficient (Wildman–Crippen LogP) is 1.81. The van der Waals surface area contributed by atoms with Gasteiger partial charge in [0, 0.05) is 5.25 Å². The molecule has 10 heavy (non-hydrogen) atoms. The second kappa shape index (κ2) is 3.18. The van der Waals surface area contributed by atoms with E-state index in [0.29, 0.717) is 0 Å². The standard InChI is InChI=1S/C5H8F2O2S/c1-3(2)10-5(6,7)4(8)9/h3H,1-2H3,(H,8,9). The van der Waals surface area contributed by atoms with E-state index in [9.17, 15) is 13.6 Å². The highest BCUT2D eigenvalue weighted by atomic mass is 32.2. The van der Waals surface area contributed by atoms with Crippen LogP contribution >= 0.6 is 11.8 Å². The number of rotatable bonds is 3. The fourth-order valence-electron chi connectivity index (χ4n) is 0.346. The van der Waals surface area contributed by atoms with Crippen LogP contribution in [0.15, 0.2) is 0 Å². The van der Waals surface area contributed by atoms with Crippen LogP contribution in [0.3, 0.4) is 0 Å². The van der Waals surface area contributed by atoms with Crippen molar-refractivity contribution in [3.05, 3.63) is 0 Å². The molecule has 0 spiro atoms. The van der Waals surface area contributed by atoms with Crippen molar-refractivity contribution in [3.8, 4) is 0 Å². The minimum Gasteiger partial charge on any atom is -0.476 e. The Bertz CT molecular complexity index is 136. The summed E-state index contributed by atoms with van der Waals surface area (Å²) in [5.74, 6) is -2.08. The molecule has 0 bridgehead atoms. The summed E-state index contributed by atoms with van der Waals surface area (Å²) < 4.78 is 24.3. The van der Waals surface area contributed by atoms with Crippen molar-refractivity contribution >= 4 is 17.7 Å². The number of hydrogen-bond acceptors (Lipinski definition) is 2. The Hall–Kier alpha value is -0.320. The first kappa shape index (κ1) is 9.68. The summed E-state index contributed by atoms with van der Waals surface area (Å²) >= 11 is 0.132. The highest BCUT2D eigenvalue weighted by Crippen LogP contribution is 2.32. The van der Waals surface area contributed by atoms with Crippen molar-refractivity contribution in [2.45, 2.75) is 24.4 Å². The van der Waals surface area contributed by atoms with Crippen LogP contribution in [-0.4, -0.2) is 21.6 Å². The number of carbonyl (C=O) groups is 1. The highest BCUT2D eigenvalue weighted by Gasteiger charge is 2.40. The Morgan fingerprint density at radius 3 is 2.10 bits per heavy atom. The molecule has 0 aliphatic rings. The summed E-state index contributed by atoms with van der Waals surface area (Å²) in [6, 6.07) is 0. The van der Waals surface area contributed by atoms with Crippen LogP contribution in [0, 0.1) is 0 Å². The van der Waals surface area contributed by atoms with Gasteiger partial charge in [0.15, 0.2) is 0 Å². The van der Waals surface area contributed by atoms with Crippen LogP contribution in [0.1, 0.15) is 13.8 Å². The van der Waals surface area contributed by atoms with E-state index in [2.05, 4.69) is 0 Å². The van der Waals surface area contributed by atoms with Crippen molar-refractivity contribution < 1.29 is 18.7 Å². The van der Waals surface area contributed by atoms with E-state index < -0.39 is 11.2 Å². The van der Waals surface area contributed by atoms with Gasteiger partial charge in [-0.05, 0) is 0 Å². The molecule has 60 valence electrons. The lowest BCUT2D eigenvalue weighted by Crippen LogP contribution is -2.25. The van der Waals surface area contributed by atoms with Gasteiger partial charge < -0.3 is 5.11 Å². The fourth-order valence-corrected chi connectivity index (χ4v) is 1.04. The Morgan fingerprint density at radius 1 is 1.60 bits per heavy atom. The molecule has 2 nitrogen and oxygen atoms in total. The molecule has 0 saturated carbocycles. The minimum absolute atomic E-state index is 0.132. The van der Waals surface area contributed by atoms with Gasteiger partial charge in [0.2, 0.25) is 0 Å². The molecule has 0 aliphatic heterocycles. The number of halogens is 2. The van der Waals surface area contributed by atoms with E-state index in [1.165, 1.54) is 13.8 Å². The number of aliphatic carboxylic acids is 1. The highest BCUT2D eigenvalue weighted by molar-refractivity contribution is 8.01.